The SMILES string of the molecule is Cc1cc(C2CC2)cc2c3c(N)ncnc3n(CC(=O)N3[C@@H]4C[C@@H]4C[C@H]3C(=O)Cc3cccc(Br)n3)c12. The normalized spacial score (nSPS) is 22.5. The fraction of sp³-hybridized carbons (Fsp3) is 0.393. The highest BCUT2D eigenvalue weighted by molar-refractivity contribution is 9.10. The number of aromatic nitrogens is 4. The van der Waals surface area contributed by atoms with Crippen LogP contribution in [0.5, 0.6) is 0 Å². The van der Waals surface area contributed by atoms with Crippen molar-refractivity contribution in [2.75, 3.05) is 5.73 Å². The fourth-order valence-corrected chi connectivity index (χ4v) is 6.67. The summed E-state index contributed by atoms with van der Waals surface area (Å²) in [5.41, 5.74) is 11.1. The molecule has 1 saturated heterocycles. The molecule has 4 heterocycles. The second-order valence-corrected chi connectivity index (χ2v) is 11.6. The summed E-state index contributed by atoms with van der Waals surface area (Å²) in [4.78, 5) is 42.3. The number of Topliss-reactive ketones (excluding diaryl/α,β-unsaturated/α-hetero) is 1. The topological polar surface area (TPSA) is 107 Å². The van der Waals surface area contributed by atoms with Crippen LogP contribution in [0.2, 0.25) is 0 Å². The highest BCUT2D eigenvalue weighted by Crippen LogP contribution is 2.49. The van der Waals surface area contributed by atoms with Gasteiger partial charge < -0.3 is 15.2 Å². The molecule has 188 valence electrons. The molecule has 2 N–H and O–H groups in total. The van der Waals surface area contributed by atoms with Gasteiger partial charge in [-0.1, -0.05) is 12.1 Å². The summed E-state index contributed by atoms with van der Waals surface area (Å²) >= 11 is 3.38. The fourth-order valence-electron chi connectivity index (χ4n) is 6.29. The molecule has 7 rings (SSSR count). The Balaban J connectivity index is 1.24. The number of likely N-dealkylation sites (tertiary alicyclic amines) is 1. The summed E-state index contributed by atoms with van der Waals surface area (Å²) in [6.45, 7) is 2.20. The maximum atomic E-state index is 13.9. The molecule has 0 unspecified atom stereocenters. The van der Waals surface area contributed by atoms with Crippen LogP contribution in [-0.2, 0) is 22.6 Å². The number of piperidine rings is 1. The molecular weight excluding hydrogens is 532 g/mol. The second-order valence-electron chi connectivity index (χ2n) is 10.8. The van der Waals surface area contributed by atoms with E-state index in [-0.39, 0.29) is 30.7 Å². The van der Waals surface area contributed by atoms with Crippen LogP contribution < -0.4 is 5.73 Å². The summed E-state index contributed by atoms with van der Waals surface area (Å²) in [6.07, 6.45) is 5.78. The third-order valence-electron chi connectivity index (χ3n) is 8.21. The van der Waals surface area contributed by atoms with Crippen molar-refractivity contribution < 1.29 is 9.59 Å². The van der Waals surface area contributed by atoms with Crippen molar-refractivity contribution in [2.45, 2.75) is 63.6 Å². The molecule has 0 radical (unpaired) electrons. The van der Waals surface area contributed by atoms with Gasteiger partial charge in [-0.15, -0.1) is 0 Å². The number of nitrogens with zero attached hydrogens (tertiary/aromatic N) is 5. The lowest BCUT2D eigenvalue weighted by Gasteiger charge is -2.27. The van der Waals surface area contributed by atoms with Crippen LogP contribution in [0.3, 0.4) is 0 Å². The van der Waals surface area contributed by atoms with Gasteiger partial charge in [-0.3, -0.25) is 9.59 Å². The number of benzene rings is 1. The lowest BCUT2D eigenvalue weighted by molar-refractivity contribution is -0.139. The number of carbonyl (C=O) groups excluding carboxylic acids is 2. The molecule has 0 spiro atoms. The van der Waals surface area contributed by atoms with Crippen molar-refractivity contribution in [3.63, 3.8) is 0 Å². The molecule has 3 aliphatic rings. The molecule has 3 fully saturated rings. The van der Waals surface area contributed by atoms with E-state index in [4.69, 9.17) is 5.73 Å². The number of fused-ring (bicyclic) bond motifs is 4. The van der Waals surface area contributed by atoms with E-state index < -0.39 is 6.04 Å². The van der Waals surface area contributed by atoms with Crippen LogP contribution in [-0.4, -0.2) is 48.2 Å². The Morgan fingerprint density at radius 3 is 2.78 bits per heavy atom. The van der Waals surface area contributed by atoms with Crippen molar-refractivity contribution in [1.82, 2.24) is 24.4 Å². The van der Waals surface area contributed by atoms with Crippen LogP contribution in [0, 0.1) is 12.8 Å². The minimum absolute atomic E-state index is 0.0465. The monoisotopic (exact) mass is 558 g/mol. The number of rotatable bonds is 6. The van der Waals surface area contributed by atoms with Gasteiger partial charge in [0.2, 0.25) is 5.91 Å². The van der Waals surface area contributed by atoms with Crippen molar-refractivity contribution in [3.05, 3.63) is 58.1 Å². The molecule has 3 aromatic heterocycles. The van der Waals surface area contributed by atoms with Gasteiger partial charge in [0.25, 0.3) is 0 Å². The van der Waals surface area contributed by atoms with Crippen LogP contribution in [0.25, 0.3) is 21.9 Å². The number of anilines is 1. The number of nitrogens with two attached hydrogens (primary N) is 1. The average molecular weight is 559 g/mol. The Labute approximate surface area is 222 Å². The standard InChI is InChI=1S/C28H27BrN6O2/c1-14-7-16(15-5-6-15)8-19-25-27(30)31-13-32-28(25)34(26(14)19)12-24(37)35-20-9-17(20)10-21(35)22(36)11-18-3-2-4-23(29)33-18/h2-4,7-8,13,15,17,20-21H,5-6,9-12H2,1H3,(H2,30,31,32)/t17-,20-,21+/m1/s1. The van der Waals surface area contributed by atoms with E-state index in [1.54, 1.807) is 0 Å². The number of halogens is 1. The summed E-state index contributed by atoms with van der Waals surface area (Å²) in [5, 5.41) is 1.80. The van der Waals surface area contributed by atoms with Crippen LogP contribution in [0.15, 0.2) is 41.3 Å². The number of amides is 1. The number of aryl methyl sites for hydroxylation is 1. The quantitative estimate of drug-likeness (QED) is 0.353. The number of nitrogen functional groups attached to an aromatic ring is 1. The molecule has 2 aliphatic carbocycles. The average Bonchev–Trinajstić information content (AvgIpc) is 3.79. The van der Waals surface area contributed by atoms with E-state index >= 15 is 0 Å². The molecule has 4 aromatic rings. The Hall–Kier alpha value is -3.33. The molecular formula is C28H27BrN6O2. The molecule has 1 aliphatic heterocycles. The lowest BCUT2D eigenvalue weighted by Crippen LogP contribution is -2.45. The van der Waals surface area contributed by atoms with Gasteiger partial charge >= 0.3 is 0 Å². The van der Waals surface area contributed by atoms with Crippen molar-refractivity contribution in [3.8, 4) is 0 Å². The minimum Gasteiger partial charge on any atom is -0.383 e. The zero-order valence-corrected chi connectivity index (χ0v) is 22.1. The third-order valence-corrected chi connectivity index (χ3v) is 8.65. The first kappa shape index (κ1) is 22.8. The smallest absolute Gasteiger partial charge is 0.243 e. The zero-order valence-electron chi connectivity index (χ0n) is 20.5. The zero-order chi connectivity index (χ0) is 25.4. The van der Waals surface area contributed by atoms with Gasteiger partial charge in [0.05, 0.1) is 23.4 Å². The van der Waals surface area contributed by atoms with E-state index in [2.05, 4.69) is 49.9 Å². The first-order valence-electron chi connectivity index (χ1n) is 12.9. The summed E-state index contributed by atoms with van der Waals surface area (Å²) in [6, 6.07) is 9.74. The summed E-state index contributed by atoms with van der Waals surface area (Å²) in [5.74, 6) is 1.42. The lowest BCUT2D eigenvalue weighted by atomic mass is 10.0. The molecule has 37 heavy (non-hydrogen) atoms. The summed E-state index contributed by atoms with van der Waals surface area (Å²) < 4.78 is 2.68. The Morgan fingerprint density at radius 2 is 2.00 bits per heavy atom. The molecule has 8 nitrogen and oxygen atoms in total. The third kappa shape index (κ3) is 3.82. The first-order chi connectivity index (χ1) is 17.9. The number of pyridine rings is 1. The number of carbonyl (C=O) groups is 2. The van der Waals surface area contributed by atoms with Crippen molar-refractivity contribution in [2.24, 2.45) is 5.92 Å². The number of hydrogen-bond donors (Lipinski definition) is 1. The first-order valence-corrected chi connectivity index (χ1v) is 13.7. The highest BCUT2D eigenvalue weighted by atomic mass is 79.9. The maximum Gasteiger partial charge on any atom is 0.243 e. The van der Waals surface area contributed by atoms with E-state index in [1.165, 1.54) is 24.7 Å². The van der Waals surface area contributed by atoms with E-state index in [0.717, 1.165) is 34.7 Å². The molecule has 1 aromatic carbocycles. The highest BCUT2D eigenvalue weighted by Gasteiger charge is 2.55. The van der Waals surface area contributed by atoms with E-state index in [9.17, 15) is 9.59 Å². The van der Waals surface area contributed by atoms with Gasteiger partial charge in [0.1, 0.15) is 28.9 Å². The van der Waals surface area contributed by atoms with Gasteiger partial charge in [-0.2, -0.15) is 0 Å². The van der Waals surface area contributed by atoms with Gasteiger partial charge in [0.15, 0.2) is 5.78 Å². The number of hydrogen-bond acceptors (Lipinski definition) is 6. The molecule has 0 bridgehead atoms. The van der Waals surface area contributed by atoms with Crippen LogP contribution >= 0.6 is 15.9 Å². The van der Waals surface area contributed by atoms with Gasteiger partial charge in [-0.05, 0) is 89.7 Å². The maximum absolute atomic E-state index is 13.9. The van der Waals surface area contributed by atoms with Crippen LogP contribution in [0.4, 0.5) is 5.82 Å². The Bertz CT molecular complexity index is 1610. The Morgan fingerprint density at radius 1 is 1.16 bits per heavy atom. The second kappa shape index (κ2) is 8.34. The van der Waals surface area contributed by atoms with Crippen molar-refractivity contribution in [1.29, 1.82) is 0 Å². The molecule has 3 atom stereocenters. The predicted molar refractivity (Wildman–Crippen MR) is 144 cm³/mol. The van der Waals surface area contributed by atoms with Crippen molar-refractivity contribution >= 4 is 55.4 Å². The molecule has 1 amide bonds. The number of ketones is 1. The van der Waals surface area contributed by atoms with Gasteiger partial charge in [-0.25, -0.2) is 15.0 Å². The predicted octanol–water partition coefficient (Wildman–Crippen LogP) is 4.31. The molecule has 2 saturated carbocycles. The molecule has 9 heteroatoms. The van der Waals surface area contributed by atoms with E-state index in [0.29, 0.717) is 33.6 Å². The minimum atomic E-state index is -0.410. The largest absolute Gasteiger partial charge is 0.383 e. The Kier molecular flexibility index (Phi) is 5.15. The van der Waals surface area contributed by atoms with E-state index in [1.807, 2.05) is 27.7 Å². The van der Waals surface area contributed by atoms with Gasteiger partial charge in [0, 0.05) is 17.1 Å². The summed E-state index contributed by atoms with van der Waals surface area (Å²) in [7, 11) is 0. The van der Waals surface area contributed by atoms with Crippen LogP contribution in [0.1, 0.15) is 48.4 Å².